The van der Waals surface area contributed by atoms with Crippen molar-refractivity contribution in [3.05, 3.63) is 26.8 Å². The van der Waals surface area contributed by atoms with Crippen LogP contribution in [0.3, 0.4) is 0 Å². The first-order chi connectivity index (χ1) is 18.0. The first-order valence-corrected chi connectivity index (χ1v) is 15.4. The molecule has 3 aliphatic rings. The number of carbonyl (C=O) groups is 4. The zero-order valence-corrected chi connectivity index (χ0v) is 23.3. The molecule has 11 nitrogen and oxygen atoms in total. The smallest absolute Gasteiger partial charge is 0.245 e. The molecule has 3 saturated heterocycles. The standard InChI is InChI=1S/C24H32ClN5O6S2/c25-20-8-7-17(37-20)9-13-38(35,36)27-18-5-2-11-29(23(18)33)15-21(31)30-12-3-6-19(30)24(34)28-10-1-4-16(14-28)22(26)32/h7-9,13,16,18-19,27H,1-6,10-12,14-15H2,(H2,26,32)/b13-9+/t16?,18-,19-/m0/s1. The molecule has 3 fully saturated rings. The summed E-state index contributed by atoms with van der Waals surface area (Å²) in [7, 11) is -3.91. The van der Waals surface area contributed by atoms with Crippen LogP contribution < -0.4 is 10.5 Å². The number of rotatable bonds is 8. The van der Waals surface area contributed by atoms with E-state index in [0.717, 1.165) is 5.41 Å². The summed E-state index contributed by atoms with van der Waals surface area (Å²) in [6.07, 6.45) is 4.76. The Morgan fingerprint density at radius 3 is 2.55 bits per heavy atom. The van der Waals surface area contributed by atoms with Crippen LogP contribution in [-0.2, 0) is 29.2 Å². The van der Waals surface area contributed by atoms with Crippen LogP contribution in [0.15, 0.2) is 17.5 Å². The van der Waals surface area contributed by atoms with Gasteiger partial charge in [-0.05, 0) is 56.7 Å². The average Bonchev–Trinajstić information content (AvgIpc) is 3.54. The molecule has 38 heavy (non-hydrogen) atoms. The van der Waals surface area contributed by atoms with Crippen molar-refractivity contribution in [3.63, 3.8) is 0 Å². The Balaban J connectivity index is 1.35. The number of nitrogens with two attached hydrogens (primary N) is 1. The molecule has 4 amide bonds. The molecule has 14 heteroatoms. The average molecular weight is 586 g/mol. The van der Waals surface area contributed by atoms with E-state index in [1.54, 1.807) is 17.0 Å². The van der Waals surface area contributed by atoms with Gasteiger partial charge in [0, 0.05) is 36.5 Å². The lowest BCUT2D eigenvalue weighted by Gasteiger charge is -2.36. The predicted octanol–water partition coefficient (Wildman–Crippen LogP) is 0.998. The maximum Gasteiger partial charge on any atom is 0.245 e. The van der Waals surface area contributed by atoms with E-state index in [2.05, 4.69) is 4.72 Å². The fraction of sp³-hybridized carbons (Fsp3) is 0.583. The van der Waals surface area contributed by atoms with Crippen LogP contribution in [0.5, 0.6) is 0 Å². The van der Waals surface area contributed by atoms with Gasteiger partial charge in [0.15, 0.2) is 0 Å². The third kappa shape index (κ3) is 6.93. The van der Waals surface area contributed by atoms with Gasteiger partial charge in [0.05, 0.1) is 16.8 Å². The van der Waals surface area contributed by atoms with E-state index in [1.807, 2.05) is 0 Å². The van der Waals surface area contributed by atoms with E-state index in [9.17, 15) is 27.6 Å². The van der Waals surface area contributed by atoms with Crippen molar-refractivity contribution in [1.82, 2.24) is 19.4 Å². The third-order valence-corrected chi connectivity index (χ3v) is 9.47. The van der Waals surface area contributed by atoms with Gasteiger partial charge in [0.25, 0.3) is 0 Å². The lowest BCUT2D eigenvalue weighted by Crippen LogP contribution is -2.56. The molecule has 208 valence electrons. The van der Waals surface area contributed by atoms with Crippen LogP contribution in [0.4, 0.5) is 0 Å². The molecule has 1 aromatic heterocycles. The summed E-state index contributed by atoms with van der Waals surface area (Å²) in [5.74, 6) is -1.83. The third-order valence-electron chi connectivity index (χ3n) is 7.16. The molecule has 0 bridgehead atoms. The number of nitrogens with zero attached hydrogens (tertiary/aromatic N) is 3. The van der Waals surface area contributed by atoms with Crippen molar-refractivity contribution in [2.24, 2.45) is 11.7 Å². The molecule has 1 aromatic rings. The number of halogens is 1. The molecular formula is C24H32ClN5O6S2. The van der Waals surface area contributed by atoms with Crippen LogP contribution in [-0.4, -0.2) is 91.6 Å². The molecule has 3 aliphatic heterocycles. The minimum absolute atomic E-state index is 0.198. The Kier molecular flexibility index (Phi) is 9.11. The molecule has 0 saturated carbocycles. The Morgan fingerprint density at radius 1 is 1.11 bits per heavy atom. The van der Waals surface area contributed by atoms with E-state index in [-0.39, 0.29) is 30.8 Å². The molecule has 3 N–H and O–H groups in total. The fourth-order valence-electron chi connectivity index (χ4n) is 5.22. The molecule has 0 radical (unpaired) electrons. The predicted molar refractivity (Wildman–Crippen MR) is 143 cm³/mol. The number of carbonyl (C=O) groups excluding carboxylic acids is 4. The summed E-state index contributed by atoms with van der Waals surface area (Å²) in [6.45, 7) is 1.27. The molecular weight excluding hydrogens is 554 g/mol. The minimum atomic E-state index is -3.91. The minimum Gasteiger partial charge on any atom is -0.369 e. The van der Waals surface area contributed by atoms with Gasteiger partial charge in [-0.3, -0.25) is 19.2 Å². The van der Waals surface area contributed by atoms with E-state index < -0.39 is 33.9 Å². The van der Waals surface area contributed by atoms with Gasteiger partial charge in [-0.25, -0.2) is 8.42 Å². The Hall–Kier alpha value is -2.48. The van der Waals surface area contributed by atoms with Gasteiger partial charge in [0.2, 0.25) is 33.7 Å². The normalized spacial score (nSPS) is 24.8. The van der Waals surface area contributed by atoms with Crippen LogP contribution in [0, 0.1) is 5.92 Å². The van der Waals surface area contributed by atoms with Crippen molar-refractivity contribution >= 4 is 62.7 Å². The van der Waals surface area contributed by atoms with Crippen LogP contribution in [0.25, 0.3) is 6.08 Å². The molecule has 0 aromatic carbocycles. The fourth-order valence-corrected chi connectivity index (χ4v) is 7.28. The summed E-state index contributed by atoms with van der Waals surface area (Å²) in [4.78, 5) is 56.2. The van der Waals surface area contributed by atoms with E-state index in [0.29, 0.717) is 67.4 Å². The number of piperidine rings is 2. The topological polar surface area (TPSA) is 150 Å². The summed E-state index contributed by atoms with van der Waals surface area (Å²) in [6, 6.07) is 1.73. The summed E-state index contributed by atoms with van der Waals surface area (Å²) in [5, 5.41) is 0.996. The van der Waals surface area contributed by atoms with Crippen LogP contribution >= 0.6 is 22.9 Å². The summed E-state index contributed by atoms with van der Waals surface area (Å²) in [5.41, 5.74) is 5.44. The summed E-state index contributed by atoms with van der Waals surface area (Å²) >= 11 is 7.10. The van der Waals surface area contributed by atoms with Gasteiger partial charge < -0.3 is 20.4 Å². The number of sulfonamides is 1. The zero-order valence-electron chi connectivity index (χ0n) is 20.9. The van der Waals surface area contributed by atoms with E-state index >= 15 is 0 Å². The Morgan fingerprint density at radius 2 is 1.84 bits per heavy atom. The van der Waals surface area contributed by atoms with Crippen LogP contribution in [0.2, 0.25) is 4.34 Å². The second-order valence-electron chi connectivity index (χ2n) is 9.83. The maximum atomic E-state index is 13.2. The first-order valence-electron chi connectivity index (χ1n) is 12.7. The Bertz CT molecular complexity index is 1220. The summed E-state index contributed by atoms with van der Waals surface area (Å²) < 4.78 is 28.1. The number of hydrogen-bond donors (Lipinski definition) is 2. The first kappa shape index (κ1) is 28.5. The van der Waals surface area contributed by atoms with Gasteiger partial charge in [0.1, 0.15) is 12.1 Å². The van der Waals surface area contributed by atoms with Crippen molar-refractivity contribution in [2.75, 3.05) is 32.7 Å². The maximum absolute atomic E-state index is 13.2. The molecule has 0 spiro atoms. The van der Waals surface area contributed by atoms with E-state index in [4.69, 9.17) is 17.3 Å². The molecule has 1 unspecified atom stereocenters. The molecule has 0 aliphatic carbocycles. The lowest BCUT2D eigenvalue weighted by molar-refractivity contribution is -0.148. The Labute approximate surface area is 231 Å². The van der Waals surface area contributed by atoms with E-state index in [1.165, 1.54) is 27.2 Å². The number of primary amides is 1. The van der Waals surface area contributed by atoms with Gasteiger partial charge >= 0.3 is 0 Å². The largest absolute Gasteiger partial charge is 0.369 e. The monoisotopic (exact) mass is 585 g/mol. The van der Waals surface area contributed by atoms with Crippen molar-refractivity contribution in [3.8, 4) is 0 Å². The van der Waals surface area contributed by atoms with Gasteiger partial charge in [-0.2, -0.15) is 4.72 Å². The van der Waals surface area contributed by atoms with Gasteiger partial charge in [-0.15, -0.1) is 11.3 Å². The zero-order chi connectivity index (χ0) is 27.4. The van der Waals surface area contributed by atoms with Crippen molar-refractivity contribution in [1.29, 1.82) is 0 Å². The molecule has 3 atom stereocenters. The van der Waals surface area contributed by atoms with Gasteiger partial charge in [-0.1, -0.05) is 11.6 Å². The molecule has 4 heterocycles. The van der Waals surface area contributed by atoms with Crippen LogP contribution in [0.1, 0.15) is 43.4 Å². The lowest BCUT2D eigenvalue weighted by atomic mass is 9.96. The number of amides is 4. The highest BCUT2D eigenvalue weighted by molar-refractivity contribution is 7.92. The number of nitrogens with one attached hydrogen (secondary N) is 1. The highest BCUT2D eigenvalue weighted by Crippen LogP contribution is 2.25. The number of thiophene rings is 1. The SMILES string of the molecule is NC(=O)C1CCCN(C(=O)[C@@H]2CCCN2C(=O)CN2CCC[C@H](NS(=O)(=O)/C=C/c3ccc(Cl)s3)C2=O)C1. The second-order valence-corrected chi connectivity index (χ2v) is 13.2. The van der Waals surface area contributed by atoms with Crippen molar-refractivity contribution < 1.29 is 27.6 Å². The number of likely N-dealkylation sites (tertiary alicyclic amines) is 3. The highest BCUT2D eigenvalue weighted by atomic mass is 35.5. The quantitative estimate of drug-likeness (QED) is 0.464. The number of hydrogen-bond acceptors (Lipinski definition) is 7. The second kappa shape index (κ2) is 12.1. The molecule has 4 rings (SSSR count). The highest BCUT2D eigenvalue weighted by Gasteiger charge is 2.40. The van der Waals surface area contributed by atoms with Crippen molar-refractivity contribution in [2.45, 2.75) is 50.6 Å².